The Morgan fingerprint density at radius 3 is 2.12 bits per heavy atom. The van der Waals surface area contributed by atoms with Gasteiger partial charge in [-0.25, -0.2) is 4.98 Å². The molecule has 0 spiro atoms. The van der Waals surface area contributed by atoms with Gasteiger partial charge in [0.2, 0.25) is 0 Å². The number of phenols is 1. The molecule has 0 unspecified atom stereocenters. The molecular weight excluding hydrogens is 438 g/mol. The summed E-state index contributed by atoms with van der Waals surface area (Å²) in [7, 11) is 1.67. The van der Waals surface area contributed by atoms with Gasteiger partial charge in [-0.15, -0.1) is 0 Å². The van der Waals surface area contributed by atoms with Gasteiger partial charge in [0.25, 0.3) is 11.4 Å². The monoisotopic (exact) mass is 453 g/mol. The van der Waals surface area contributed by atoms with Crippen molar-refractivity contribution in [2.45, 2.75) is 0 Å². The van der Waals surface area contributed by atoms with Crippen LogP contribution in [0.5, 0.6) is 11.5 Å². The summed E-state index contributed by atoms with van der Waals surface area (Å²) in [6.45, 7) is 0. The number of methoxy groups -OCH3 is 1. The number of ether oxygens (including phenoxy) is 1. The Morgan fingerprint density at radius 1 is 0.909 bits per heavy atom. The molecule has 0 saturated carbocycles. The number of imidazole rings is 1. The van der Waals surface area contributed by atoms with Crippen LogP contribution in [0.2, 0.25) is 0 Å². The Labute approximate surface area is 184 Å². The van der Waals surface area contributed by atoms with Crippen LogP contribution in [0.3, 0.4) is 0 Å². The largest absolute Gasteiger partial charge is 0.497 e. The number of benzene rings is 2. The average molecular weight is 453 g/mol. The van der Waals surface area contributed by atoms with Gasteiger partial charge in [-0.05, 0) is 24.3 Å². The second-order valence-corrected chi connectivity index (χ2v) is 6.43. The van der Waals surface area contributed by atoms with Crippen LogP contribution >= 0.6 is 0 Å². The van der Waals surface area contributed by atoms with E-state index in [4.69, 9.17) is 9.84 Å². The number of nitrogens with zero attached hydrogens (tertiary/aromatic N) is 5. The first-order valence-corrected chi connectivity index (χ1v) is 9.09. The first kappa shape index (κ1) is 22.6. The maximum absolute atomic E-state index is 10.4. The van der Waals surface area contributed by atoms with E-state index in [2.05, 4.69) is 4.98 Å². The van der Waals surface area contributed by atoms with Crippen molar-refractivity contribution in [3.05, 3.63) is 97.3 Å². The predicted molar refractivity (Wildman–Crippen MR) is 115 cm³/mol. The van der Waals surface area contributed by atoms with Gasteiger partial charge in [-0.1, -0.05) is 18.2 Å². The molecule has 1 N–H and O–H groups in total. The molecule has 0 bridgehead atoms. The van der Waals surface area contributed by atoms with Crippen molar-refractivity contribution in [3.8, 4) is 22.8 Å². The lowest BCUT2D eigenvalue weighted by atomic mass is 10.1. The van der Waals surface area contributed by atoms with Crippen LogP contribution in [0.4, 0.5) is 17.1 Å². The SMILES string of the molecule is COc1cccc(-c2cn3ccccc3n2)c1.O=[N+]([O-])c1cc([N+](=O)[O-])c(O)c([N+](=O)[O-])c1. The van der Waals surface area contributed by atoms with Gasteiger partial charge in [-0.2, -0.15) is 0 Å². The van der Waals surface area contributed by atoms with Gasteiger partial charge in [0, 0.05) is 18.0 Å². The fraction of sp³-hybridized carbons (Fsp3) is 0.0500. The Morgan fingerprint density at radius 2 is 1.58 bits per heavy atom. The second kappa shape index (κ2) is 9.38. The van der Waals surface area contributed by atoms with Gasteiger partial charge >= 0.3 is 11.4 Å². The van der Waals surface area contributed by atoms with E-state index in [0.717, 1.165) is 22.7 Å². The smallest absolute Gasteiger partial charge is 0.324 e. The van der Waals surface area contributed by atoms with Crippen molar-refractivity contribution in [2.75, 3.05) is 7.11 Å². The Kier molecular flexibility index (Phi) is 6.43. The molecule has 0 aliphatic heterocycles. The highest BCUT2D eigenvalue weighted by molar-refractivity contribution is 5.65. The molecule has 0 atom stereocenters. The highest BCUT2D eigenvalue weighted by atomic mass is 16.6. The van der Waals surface area contributed by atoms with Crippen molar-refractivity contribution in [2.24, 2.45) is 0 Å². The molecule has 0 aliphatic rings. The van der Waals surface area contributed by atoms with Crippen LogP contribution < -0.4 is 4.74 Å². The number of phenolic OH excluding ortho intramolecular Hbond substituents is 1. The molecular formula is C20H15N5O8. The van der Waals surface area contributed by atoms with Crippen molar-refractivity contribution in [1.29, 1.82) is 0 Å². The summed E-state index contributed by atoms with van der Waals surface area (Å²) in [6, 6.07) is 14.8. The molecule has 13 heteroatoms. The molecule has 4 aromatic rings. The van der Waals surface area contributed by atoms with E-state index in [9.17, 15) is 30.3 Å². The standard InChI is InChI=1S/C14H12N2O.C6H3N3O7/c1-17-12-6-4-5-11(9-12)13-10-16-8-3-2-7-14(16)15-13;10-6-4(8(13)14)1-3(7(11)12)2-5(6)9(15)16/h2-10H,1H3;1-2,10H. The topological polar surface area (TPSA) is 176 Å². The third kappa shape index (κ3) is 4.99. The fourth-order valence-electron chi connectivity index (χ4n) is 2.83. The molecule has 13 nitrogen and oxygen atoms in total. The van der Waals surface area contributed by atoms with Crippen LogP contribution in [0.1, 0.15) is 0 Å². The molecule has 0 radical (unpaired) electrons. The molecule has 0 aliphatic carbocycles. The van der Waals surface area contributed by atoms with Gasteiger partial charge in [0.05, 0.1) is 39.7 Å². The number of non-ortho nitro benzene ring substituents is 1. The van der Waals surface area contributed by atoms with E-state index in [-0.39, 0.29) is 0 Å². The lowest BCUT2D eigenvalue weighted by molar-refractivity contribution is -0.404. The Hall–Kier alpha value is -5.07. The first-order chi connectivity index (χ1) is 15.7. The zero-order valence-electron chi connectivity index (χ0n) is 16.9. The summed E-state index contributed by atoms with van der Waals surface area (Å²) < 4.78 is 7.22. The molecule has 2 aromatic heterocycles. The van der Waals surface area contributed by atoms with Crippen LogP contribution in [0.15, 0.2) is 67.0 Å². The number of hydrogen-bond acceptors (Lipinski definition) is 9. The van der Waals surface area contributed by atoms with Crippen molar-refractivity contribution < 1.29 is 24.6 Å². The minimum atomic E-state index is -1.21. The molecule has 2 heterocycles. The van der Waals surface area contributed by atoms with Crippen LogP contribution in [-0.2, 0) is 0 Å². The number of rotatable bonds is 5. The van der Waals surface area contributed by atoms with Gasteiger partial charge in [0.1, 0.15) is 11.4 Å². The quantitative estimate of drug-likeness (QED) is 0.344. The molecule has 0 saturated heterocycles. The van der Waals surface area contributed by atoms with E-state index in [0.29, 0.717) is 12.1 Å². The van der Waals surface area contributed by atoms with E-state index in [1.165, 1.54) is 0 Å². The highest BCUT2D eigenvalue weighted by Crippen LogP contribution is 2.38. The summed E-state index contributed by atoms with van der Waals surface area (Å²) in [6.07, 6.45) is 4.01. The third-order valence-corrected chi connectivity index (χ3v) is 4.39. The van der Waals surface area contributed by atoms with Gasteiger partial charge < -0.3 is 14.2 Å². The number of pyridine rings is 1. The van der Waals surface area contributed by atoms with E-state index in [1.54, 1.807) is 7.11 Å². The highest BCUT2D eigenvalue weighted by Gasteiger charge is 2.30. The third-order valence-electron chi connectivity index (χ3n) is 4.39. The van der Waals surface area contributed by atoms with Crippen LogP contribution in [-0.4, -0.2) is 36.4 Å². The average Bonchev–Trinajstić information content (AvgIpc) is 3.23. The maximum Gasteiger partial charge on any atom is 0.324 e. The van der Waals surface area contributed by atoms with Crippen molar-refractivity contribution >= 4 is 22.7 Å². The fourth-order valence-corrected chi connectivity index (χ4v) is 2.83. The Bertz CT molecular complexity index is 1300. The zero-order valence-corrected chi connectivity index (χ0v) is 16.9. The van der Waals surface area contributed by atoms with Crippen LogP contribution in [0, 0.1) is 30.3 Å². The van der Waals surface area contributed by atoms with Gasteiger partial charge in [0.15, 0.2) is 0 Å². The number of nitro benzene ring substituents is 3. The number of aromatic nitrogens is 2. The number of fused-ring (bicyclic) bond motifs is 1. The molecule has 168 valence electrons. The minimum Gasteiger partial charge on any atom is -0.497 e. The number of nitro groups is 3. The lowest BCUT2D eigenvalue weighted by Crippen LogP contribution is -1.97. The summed E-state index contributed by atoms with van der Waals surface area (Å²) in [4.78, 5) is 32.3. The molecule has 4 rings (SSSR count). The predicted octanol–water partition coefficient (Wildman–Crippen LogP) is 4.13. The Balaban J connectivity index is 0.000000186. The number of aromatic hydroxyl groups is 1. The van der Waals surface area contributed by atoms with E-state index in [1.807, 2.05) is 59.3 Å². The first-order valence-electron chi connectivity index (χ1n) is 9.09. The minimum absolute atomic E-state index is 0.447. The van der Waals surface area contributed by atoms with Crippen molar-refractivity contribution in [1.82, 2.24) is 9.38 Å². The molecule has 33 heavy (non-hydrogen) atoms. The zero-order chi connectivity index (χ0) is 24.1. The summed E-state index contributed by atoms with van der Waals surface area (Å²) >= 11 is 0. The summed E-state index contributed by atoms with van der Waals surface area (Å²) in [5.74, 6) is -0.361. The van der Waals surface area contributed by atoms with Gasteiger partial charge in [-0.3, -0.25) is 30.3 Å². The van der Waals surface area contributed by atoms with E-state index >= 15 is 0 Å². The van der Waals surface area contributed by atoms with Crippen molar-refractivity contribution in [3.63, 3.8) is 0 Å². The summed E-state index contributed by atoms with van der Waals surface area (Å²) in [5, 5.41) is 40.2. The molecule has 0 amide bonds. The molecule has 0 fully saturated rings. The summed E-state index contributed by atoms with van der Waals surface area (Å²) in [5.41, 5.74) is -0.0357. The number of hydrogen-bond donors (Lipinski definition) is 1. The normalized spacial score (nSPS) is 10.2. The maximum atomic E-state index is 10.4. The lowest BCUT2D eigenvalue weighted by Gasteiger charge is -2.00. The van der Waals surface area contributed by atoms with E-state index < -0.39 is 37.6 Å². The van der Waals surface area contributed by atoms with Crippen LogP contribution in [0.25, 0.3) is 16.9 Å². The second-order valence-electron chi connectivity index (χ2n) is 6.43. The molecule has 2 aromatic carbocycles.